The maximum atomic E-state index is 2.54. The van der Waals surface area contributed by atoms with Gasteiger partial charge in [-0.1, -0.05) is 164 Å². The smallest absolute Gasteiger partial charge is 0.0726 e. The molecule has 13 rings (SSSR count). The maximum absolute atomic E-state index is 2.54. The zero-order valence-electron chi connectivity index (χ0n) is 30.9. The zero-order chi connectivity index (χ0) is 37.2. The van der Waals surface area contributed by atoms with Crippen LogP contribution in [-0.2, 0) is 5.41 Å². The van der Waals surface area contributed by atoms with E-state index in [-0.39, 0.29) is 0 Å². The third kappa shape index (κ3) is 4.07. The molecule has 0 saturated carbocycles. The second kappa shape index (κ2) is 11.5. The van der Waals surface area contributed by atoms with E-state index in [0.717, 1.165) is 11.4 Å². The molecule has 0 N–H and O–H groups in total. The Morgan fingerprint density at radius 1 is 0.316 bits per heavy atom. The van der Waals surface area contributed by atoms with Crippen molar-refractivity contribution in [3.05, 3.63) is 222 Å². The SMILES string of the molecule is c1ccc2c(c1)-c1ccccc1C21c2ccccc2-c2c(N(c3ccc4c(c3)sc3ccccc34)c3ccc4c5ccccc5c5ccccc5c4c3)cccc21. The molecule has 264 valence electrons. The Morgan fingerprint density at radius 2 is 0.772 bits per heavy atom. The molecule has 11 aromatic rings. The van der Waals surface area contributed by atoms with Gasteiger partial charge in [0.25, 0.3) is 0 Å². The summed E-state index contributed by atoms with van der Waals surface area (Å²) in [7, 11) is 0. The van der Waals surface area contributed by atoms with E-state index in [9.17, 15) is 0 Å². The molecule has 57 heavy (non-hydrogen) atoms. The van der Waals surface area contributed by atoms with Crippen LogP contribution in [0, 0.1) is 0 Å². The van der Waals surface area contributed by atoms with Gasteiger partial charge in [-0.05, 0) is 108 Å². The topological polar surface area (TPSA) is 3.24 Å². The number of anilines is 3. The van der Waals surface area contributed by atoms with Crippen molar-refractivity contribution in [2.24, 2.45) is 0 Å². The minimum absolute atomic E-state index is 0.422. The summed E-state index contributed by atoms with van der Waals surface area (Å²) in [5.74, 6) is 0. The van der Waals surface area contributed by atoms with Gasteiger partial charge >= 0.3 is 0 Å². The lowest BCUT2D eigenvalue weighted by atomic mass is 9.70. The number of thiophene rings is 1. The number of hydrogen-bond donors (Lipinski definition) is 0. The maximum Gasteiger partial charge on any atom is 0.0726 e. The van der Waals surface area contributed by atoms with Crippen LogP contribution in [0.4, 0.5) is 17.1 Å². The van der Waals surface area contributed by atoms with Gasteiger partial charge < -0.3 is 4.90 Å². The summed E-state index contributed by atoms with van der Waals surface area (Å²) in [4.78, 5) is 2.54. The second-order valence-electron chi connectivity index (χ2n) is 15.5. The summed E-state index contributed by atoms with van der Waals surface area (Å²) in [6.45, 7) is 0. The molecule has 0 bridgehead atoms. The molecule has 2 aliphatic carbocycles. The monoisotopic (exact) mass is 739 g/mol. The minimum Gasteiger partial charge on any atom is -0.310 e. The summed E-state index contributed by atoms with van der Waals surface area (Å²) in [5, 5.41) is 10.3. The standard InChI is InChI=1S/C55H33NS/c1-2-16-38-36(14-1)37-15-3-4-17-39(37)46-32-34(28-30-40(38)46)56(35-29-31-44-43-20-8-12-27-52(43)57-53(44)33-35)51-26-13-25-50-54(51)45-21-7-11-24-49(45)55(50)47-22-9-5-18-41(47)42-19-6-10-23-48(42)55/h1-33H. The third-order valence-corrected chi connectivity index (χ3v) is 14.0. The number of benzene rings is 10. The second-order valence-corrected chi connectivity index (χ2v) is 16.6. The van der Waals surface area contributed by atoms with Crippen LogP contribution in [0.5, 0.6) is 0 Å². The van der Waals surface area contributed by atoms with Crippen molar-refractivity contribution in [1.82, 2.24) is 0 Å². The van der Waals surface area contributed by atoms with Crippen molar-refractivity contribution in [1.29, 1.82) is 0 Å². The van der Waals surface area contributed by atoms with Crippen LogP contribution in [-0.4, -0.2) is 0 Å². The molecule has 0 radical (unpaired) electrons. The van der Waals surface area contributed by atoms with E-state index in [1.807, 2.05) is 11.3 Å². The molecule has 0 amide bonds. The first-order valence-corrected chi connectivity index (χ1v) is 20.6. The first kappa shape index (κ1) is 31.2. The molecule has 0 saturated heterocycles. The Kier molecular flexibility index (Phi) is 6.31. The van der Waals surface area contributed by atoms with Gasteiger partial charge in [0.1, 0.15) is 0 Å². The van der Waals surface area contributed by atoms with Gasteiger partial charge in [0, 0.05) is 37.1 Å². The van der Waals surface area contributed by atoms with Crippen molar-refractivity contribution in [3.8, 4) is 22.3 Å². The molecule has 0 fully saturated rings. The van der Waals surface area contributed by atoms with Crippen molar-refractivity contribution < 1.29 is 0 Å². The van der Waals surface area contributed by atoms with Crippen LogP contribution in [0.1, 0.15) is 22.3 Å². The number of fused-ring (bicyclic) bond motifs is 19. The molecule has 1 heterocycles. The predicted octanol–water partition coefficient (Wildman–Crippen LogP) is 15.3. The first-order chi connectivity index (χ1) is 28.3. The molecular weight excluding hydrogens is 707 g/mol. The van der Waals surface area contributed by atoms with Gasteiger partial charge in [-0.15, -0.1) is 11.3 Å². The first-order valence-electron chi connectivity index (χ1n) is 19.8. The highest BCUT2D eigenvalue weighted by Gasteiger charge is 2.52. The number of hydrogen-bond acceptors (Lipinski definition) is 2. The molecule has 0 unspecified atom stereocenters. The fourth-order valence-corrected chi connectivity index (χ4v) is 11.8. The highest BCUT2D eigenvalue weighted by molar-refractivity contribution is 7.25. The Hall–Kier alpha value is -7.00. The average Bonchev–Trinajstić information content (AvgIpc) is 3.91. The van der Waals surface area contributed by atoms with Crippen molar-refractivity contribution in [3.63, 3.8) is 0 Å². The normalized spacial score (nSPS) is 13.4. The molecule has 0 aliphatic heterocycles. The van der Waals surface area contributed by atoms with Crippen molar-refractivity contribution in [2.45, 2.75) is 5.41 Å². The molecule has 1 spiro atoms. The van der Waals surface area contributed by atoms with E-state index in [1.165, 1.54) is 103 Å². The summed E-state index contributed by atoms with van der Waals surface area (Å²) >= 11 is 1.88. The Labute approximate surface area is 334 Å². The summed E-state index contributed by atoms with van der Waals surface area (Å²) in [6.07, 6.45) is 0. The van der Waals surface area contributed by atoms with Gasteiger partial charge in [0.2, 0.25) is 0 Å². The lowest BCUT2D eigenvalue weighted by Gasteiger charge is -2.32. The van der Waals surface area contributed by atoms with E-state index in [1.54, 1.807) is 0 Å². The predicted molar refractivity (Wildman–Crippen MR) is 243 cm³/mol. The van der Waals surface area contributed by atoms with Gasteiger partial charge in [0.05, 0.1) is 11.1 Å². The lowest BCUT2D eigenvalue weighted by Crippen LogP contribution is -2.26. The van der Waals surface area contributed by atoms with Crippen LogP contribution >= 0.6 is 11.3 Å². The molecule has 1 aromatic heterocycles. The van der Waals surface area contributed by atoms with E-state index >= 15 is 0 Å². The highest BCUT2D eigenvalue weighted by atomic mass is 32.1. The lowest BCUT2D eigenvalue weighted by molar-refractivity contribution is 0.794. The summed E-state index contributed by atoms with van der Waals surface area (Å²) in [6, 6.07) is 75.1. The molecule has 0 atom stereocenters. The van der Waals surface area contributed by atoms with Gasteiger partial charge in [-0.2, -0.15) is 0 Å². The number of rotatable bonds is 3. The van der Waals surface area contributed by atoms with Crippen molar-refractivity contribution in [2.75, 3.05) is 4.90 Å². The molecule has 10 aromatic carbocycles. The van der Waals surface area contributed by atoms with E-state index in [4.69, 9.17) is 0 Å². The summed E-state index contributed by atoms with van der Waals surface area (Å²) < 4.78 is 2.61. The minimum atomic E-state index is -0.422. The quantitative estimate of drug-likeness (QED) is 0.163. The zero-order valence-corrected chi connectivity index (χ0v) is 31.7. The Morgan fingerprint density at radius 3 is 1.44 bits per heavy atom. The van der Waals surface area contributed by atoms with E-state index < -0.39 is 5.41 Å². The Balaban J connectivity index is 1.14. The molecule has 2 aliphatic rings. The molecule has 2 heteroatoms. The van der Waals surface area contributed by atoms with Gasteiger partial charge in [-0.25, -0.2) is 0 Å². The number of nitrogens with zero attached hydrogens (tertiary/aromatic N) is 1. The third-order valence-electron chi connectivity index (χ3n) is 12.8. The molecule has 1 nitrogen and oxygen atoms in total. The van der Waals surface area contributed by atoms with Gasteiger partial charge in [0.15, 0.2) is 0 Å². The average molecular weight is 740 g/mol. The molecular formula is C55H33NS. The van der Waals surface area contributed by atoms with Crippen LogP contribution < -0.4 is 4.90 Å². The van der Waals surface area contributed by atoms with Crippen LogP contribution in [0.3, 0.4) is 0 Å². The van der Waals surface area contributed by atoms with Crippen LogP contribution in [0.25, 0.3) is 74.7 Å². The fraction of sp³-hybridized carbons (Fsp3) is 0.0182. The largest absolute Gasteiger partial charge is 0.310 e. The van der Waals surface area contributed by atoms with Crippen LogP contribution in [0.15, 0.2) is 200 Å². The van der Waals surface area contributed by atoms with E-state index in [0.29, 0.717) is 0 Å². The van der Waals surface area contributed by atoms with Crippen molar-refractivity contribution >= 4 is 80.9 Å². The highest BCUT2D eigenvalue weighted by Crippen LogP contribution is 2.64. The van der Waals surface area contributed by atoms with Gasteiger partial charge in [-0.3, -0.25) is 0 Å². The Bertz CT molecular complexity index is 3420. The van der Waals surface area contributed by atoms with E-state index in [2.05, 4.69) is 205 Å². The fourth-order valence-electron chi connectivity index (χ4n) is 10.6. The summed E-state index contributed by atoms with van der Waals surface area (Å²) in [5.41, 5.74) is 13.7. The van der Waals surface area contributed by atoms with Crippen LogP contribution in [0.2, 0.25) is 0 Å².